The van der Waals surface area contributed by atoms with Gasteiger partial charge in [0.05, 0.1) is 19.9 Å². The molecule has 5 nitrogen and oxygen atoms in total. The van der Waals surface area contributed by atoms with Crippen LogP contribution in [0.25, 0.3) is 0 Å². The van der Waals surface area contributed by atoms with E-state index in [0.29, 0.717) is 17.2 Å². The molecule has 1 rings (SSSR count). The highest BCUT2D eigenvalue weighted by Crippen LogP contribution is 2.34. The van der Waals surface area contributed by atoms with Crippen molar-refractivity contribution in [1.29, 1.82) is 0 Å². The van der Waals surface area contributed by atoms with Crippen molar-refractivity contribution in [3.63, 3.8) is 0 Å². The second-order valence-electron chi connectivity index (χ2n) is 3.03. The van der Waals surface area contributed by atoms with Crippen LogP contribution in [0, 0.1) is 6.92 Å². The number of guanidine groups is 1. The normalized spacial score (nSPS) is 9.53. The summed E-state index contributed by atoms with van der Waals surface area (Å²) in [6, 6.07) is 3.53. The number of aryl methyl sites for hydroxylation is 1. The molecule has 82 valence electrons. The third kappa shape index (κ3) is 2.52. The number of hydrogen-bond acceptors (Lipinski definition) is 3. The van der Waals surface area contributed by atoms with Gasteiger partial charge in [0.2, 0.25) is 0 Å². The lowest BCUT2D eigenvalue weighted by Crippen LogP contribution is -2.21. The summed E-state index contributed by atoms with van der Waals surface area (Å²) in [5.74, 6) is 1.31. The molecular weight excluding hydrogens is 194 g/mol. The van der Waals surface area contributed by atoms with E-state index in [1.54, 1.807) is 20.3 Å². The van der Waals surface area contributed by atoms with Crippen LogP contribution in [0.15, 0.2) is 17.1 Å². The molecule has 0 aliphatic carbocycles. The minimum atomic E-state index is 0.0154. The Bertz CT molecular complexity index is 384. The maximum atomic E-state index is 5.29. The highest BCUT2D eigenvalue weighted by atomic mass is 16.5. The van der Waals surface area contributed by atoms with E-state index >= 15 is 0 Å². The predicted molar refractivity (Wildman–Crippen MR) is 59.8 cm³/mol. The quantitative estimate of drug-likeness (QED) is 0.572. The standard InChI is InChI=1S/C10H15N3O2/c1-6-4-7(13-10(11)12)5-8(14-2)9(6)15-3/h4-5H,1-3H3,(H4,11,12,13). The van der Waals surface area contributed by atoms with E-state index in [-0.39, 0.29) is 5.96 Å². The minimum absolute atomic E-state index is 0.0154. The molecule has 0 fully saturated rings. The van der Waals surface area contributed by atoms with Gasteiger partial charge in [-0.05, 0) is 18.6 Å². The zero-order valence-corrected chi connectivity index (χ0v) is 9.07. The summed E-state index contributed by atoms with van der Waals surface area (Å²) in [4.78, 5) is 3.94. The summed E-state index contributed by atoms with van der Waals surface area (Å²) in [5, 5.41) is 0. The number of benzene rings is 1. The zero-order chi connectivity index (χ0) is 11.4. The van der Waals surface area contributed by atoms with Crippen LogP contribution in [0.4, 0.5) is 5.69 Å². The smallest absolute Gasteiger partial charge is 0.191 e. The van der Waals surface area contributed by atoms with E-state index < -0.39 is 0 Å². The van der Waals surface area contributed by atoms with Crippen molar-refractivity contribution in [2.75, 3.05) is 14.2 Å². The summed E-state index contributed by atoms with van der Waals surface area (Å²) in [5.41, 5.74) is 12.1. The van der Waals surface area contributed by atoms with Crippen LogP contribution >= 0.6 is 0 Å². The highest BCUT2D eigenvalue weighted by molar-refractivity contribution is 5.79. The van der Waals surface area contributed by atoms with Gasteiger partial charge in [0.15, 0.2) is 17.5 Å². The molecule has 0 heterocycles. The number of nitrogens with zero attached hydrogens (tertiary/aromatic N) is 1. The minimum Gasteiger partial charge on any atom is -0.493 e. The van der Waals surface area contributed by atoms with Crippen LogP contribution in [-0.2, 0) is 0 Å². The molecule has 0 bridgehead atoms. The number of methoxy groups -OCH3 is 2. The molecule has 0 spiro atoms. The van der Waals surface area contributed by atoms with E-state index in [2.05, 4.69) is 4.99 Å². The molecule has 5 heteroatoms. The summed E-state index contributed by atoms with van der Waals surface area (Å²) >= 11 is 0. The zero-order valence-electron chi connectivity index (χ0n) is 9.07. The van der Waals surface area contributed by atoms with E-state index in [4.69, 9.17) is 20.9 Å². The van der Waals surface area contributed by atoms with Crippen LogP contribution < -0.4 is 20.9 Å². The topological polar surface area (TPSA) is 82.9 Å². The predicted octanol–water partition coefficient (Wildman–Crippen LogP) is 0.917. The van der Waals surface area contributed by atoms with Crippen molar-refractivity contribution >= 4 is 11.6 Å². The highest BCUT2D eigenvalue weighted by Gasteiger charge is 2.08. The molecule has 4 N–H and O–H groups in total. The number of ether oxygens (including phenoxy) is 2. The van der Waals surface area contributed by atoms with E-state index in [1.165, 1.54) is 0 Å². The summed E-state index contributed by atoms with van der Waals surface area (Å²) < 4.78 is 10.4. The molecule has 1 aromatic carbocycles. The number of rotatable bonds is 3. The maximum absolute atomic E-state index is 5.29. The number of nitrogens with two attached hydrogens (primary N) is 2. The van der Waals surface area contributed by atoms with Crippen molar-refractivity contribution < 1.29 is 9.47 Å². The largest absolute Gasteiger partial charge is 0.493 e. The second-order valence-corrected chi connectivity index (χ2v) is 3.03. The van der Waals surface area contributed by atoms with Gasteiger partial charge < -0.3 is 20.9 Å². The Kier molecular flexibility index (Phi) is 3.38. The maximum Gasteiger partial charge on any atom is 0.191 e. The van der Waals surface area contributed by atoms with Crippen LogP contribution in [-0.4, -0.2) is 20.2 Å². The summed E-state index contributed by atoms with van der Waals surface area (Å²) in [6.07, 6.45) is 0. The van der Waals surface area contributed by atoms with Gasteiger partial charge >= 0.3 is 0 Å². The first-order valence-electron chi connectivity index (χ1n) is 4.40. The van der Waals surface area contributed by atoms with Gasteiger partial charge in [-0.2, -0.15) is 0 Å². The average molecular weight is 209 g/mol. The molecule has 0 aliphatic rings. The van der Waals surface area contributed by atoms with Crippen LogP contribution in [0.1, 0.15) is 5.56 Å². The van der Waals surface area contributed by atoms with E-state index in [9.17, 15) is 0 Å². The van der Waals surface area contributed by atoms with Crippen molar-refractivity contribution in [2.45, 2.75) is 6.92 Å². The van der Waals surface area contributed by atoms with Gasteiger partial charge in [-0.1, -0.05) is 0 Å². The molecule has 0 aromatic heterocycles. The Labute approximate surface area is 88.7 Å². The van der Waals surface area contributed by atoms with Crippen LogP contribution in [0.5, 0.6) is 11.5 Å². The van der Waals surface area contributed by atoms with Crippen LogP contribution in [0.3, 0.4) is 0 Å². The molecule has 15 heavy (non-hydrogen) atoms. The second kappa shape index (κ2) is 4.54. The molecule has 0 amide bonds. The van der Waals surface area contributed by atoms with Gasteiger partial charge in [0.25, 0.3) is 0 Å². The molecule has 0 aliphatic heterocycles. The van der Waals surface area contributed by atoms with Gasteiger partial charge in [-0.3, -0.25) is 0 Å². The summed E-state index contributed by atoms with van der Waals surface area (Å²) in [7, 11) is 3.15. The Hall–Kier alpha value is -1.91. The number of hydrogen-bond donors (Lipinski definition) is 2. The van der Waals surface area contributed by atoms with Gasteiger partial charge in [-0.25, -0.2) is 4.99 Å². The molecule has 0 saturated carbocycles. The molecule has 0 unspecified atom stereocenters. The fourth-order valence-electron chi connectivity index (χ4n) is 1.35. The Morgan fingerprint density at radius 3 is 2.33 bits per heavy atom. The fourth-order valence-corrected chi connectivity index (χ4v) is 1.35. The van der Waals surface area contributed by atoms with Crippen molar-refractivity contribution in [3.05, 3.63) is 17.7 Å². The Morgan fingerprint density at radius 2 is 1.87 bits per heavy atom. The van der Waals surface area contributed by atoms with Crippen LogP contribution in [0.2, 0.25) is 0 Å². The Balaban J connectivity index is 3.25. The van der Waals surface area contributed by atoms with Gasteiger partial charge in [0.1, 0.15) is 0 Å². The summed E-state index contributed by atoms with van der Waals surface area (Å²) in [6.45, 7) is 1.90. The van der Waals surface area contributed by atoms with Crippen molar-refractivity contribution in [3.8, 4) is 11.5 Å². The first kappa shape index (κ1) is 11.2. The third-order valence-corrected chi connectivity index (χ3v) is 1.91. The number of aliphatic imine (C=N–C) groups is 1. The fraction of sp³-hybridized carbons (Fsp3) is 0.300. The third-order valence-electron chi connectivity index (χ3n) is 1.91. The SMILES string of the molecule is COc1cc(N=C(N)N)cc(C)c1OC. The first-order chi connectivity index (χ1) is 7.08. The van der Waals surface area contributed by atoms with E-state index in [1.807, 2.05) is 13.0 Å². The van der Waals surface area contributed by atoms with Gasteiger partial charge in [-0.15, -0.1) is 0 Å². The van der Waals surface area contributed by atoms with Crippen molar-refractivity contribution in [2.24, 2.45) is 16.5 Å². The first-order valence-corrected chi connectivity index (χ1v) is 4.40. The average Bonchev–Trinajstić information content (AvgIpc) is 2.15. The molecule has 1 aromatic rings. The molecule has 0 radical (unpaired) electrons. The van der Waals surface area contributed by atoms with E-state index in [0.717, 1.165) is 5.56 Å². The lowest BCUT2D eigenvalue weighted by molar-refractivity contribution is 0.353. The van der Waals surface area contributed by atoms with Crippen molar-refractivity contribution in [1.82, 2.24) is 0 Å². The lowest BCUT2D eigenvalue weighted by atomic mass is 10.2. The lowest BCUT2D eigenvalue weighted by Gasteiger charge is -2.11. The molecule has 0 atom stereocenters. The molecular formula is C10H15N3O2. The monoisotopic (exact) mass is 209 g/mol. The Morgan fingerprint density at radius 1 is 1.20 bits per heavy atom. The van der Waals surface area contributed by atoms with Gasteiger partial charge in [0, 0.05) is 6.07 Å². The molecule has 0 saturated heterocycles.